The maximum atomic E-state index is 9.90. The Kier molecular flexibility index (Phi) is 4.19. The van der Waals surface area contributed by atoms with E-state index in [-0.39, 0.29) is 23.3 Å². The molecule has 1 heterocycles. The van der Waals surface area contributed by atoms with Gasteiger partial charge in [-0.3, -0.25) is 4.84 Å². The predicted molar refractivity (Wildman–Crippen MR) is 66.0 cm³/mol. The first-order valence-electron chi connectivity index (χ1n) is 6.21. The van der Waals surface area contributed by atoms with Crippen molar-refractivity contribution in [3.05, 3.63) is 0 Å². The summed E-state index contributed by atoms with van der Waals surface area (Å²) in [4.78, 5) is 5.91. The maximum Gasteiger partial charge on any atom is 0.0895 e. The molecule has 0 bridgehead atoms. The van der Waals surface area contributed by atoms with Gasteiger partial charge < -0.3 is 5.11 Å². The Morgan fingerprint density at radius 3 is 2.24 bits per heavy atom. The first-order valence-corrected chi connectivity index (χ1v) is 6.21. The molecule has 1 aliphatic rings. The summed E-state index contributed by atoms with van der Waals surface area (Å²) in [5.74, 6) is 0. The second-order valence-corrected chi connectivity index (χ2v) is 6.26. The van der Waals surface area contributed by atoms with Gasteiger partial charge in [0.2, 0.25) is 0 Å². The topological polar surface area (TPSA) is 56.5 Å². The second-order valence-electron chi connectivity index (χ2n) is 6.26. The van der Waals surface area contributed by atoms with Gasteiger partial charge in [0, 0.05) is 11.1 Å². The summed E-state index contributed by atoms with van der Waals surface area (Å²) in [6, 6.07) is 2.12. The number of nitriles is 1. The van der Waals surface area contributed by atoms with E-state index in [0.29, 0.717) is 19.3 Å². The Morgan fingerprint density at radius 1 is 1.35 bits per heavy atom. The monoisotopic (exact) mass is 240 g/mol. The fourth-order valence-electron chi connectivity index (χ4n) is 2.84. The van der Waals surface area contributed by atoms with E-state index in [1.807, 2.05) is 12.0 Å². The first kappa shape index (κ1) is 14.4. The molecule has 1 rings (SSSR count). The number of piperidine rings is 1. The molecule has 0 amide bonds. The van der Waals surface area contributed by atoms with Crippen LogP contribution in [0.3, 0.4) is 0 Å². The molecule has 4 heteroatoms. The fraction of sp³-hybridized carbons (Fsp3) is 0.923. The van der Waals surface area contributed by atoms with Gasteiger partial charge >= 0.3 is 0 Å². The lowest BCUT2D eigenvalue weighted by Crippen LogP contribution is -2.62. The van der Waals surface area contributed by atoms with Crippen LogP contribution in [0.4, 0.5) is 0 Å². The molecule has 0 aromatic rings. The minimum Gasteiger partial charge on any atom is -0.393 e. The molecule has 17 heavy (non-hydrogen) atoms. The largest absolute Gasteiger partial charge is 0.393 e. The third-order valence-corrected chi connectivity index (χ3v) is 3.23. The molecule has 1 N–H and O–H groups in total. The number of hydrogen-bond donors (Lipinski definition) is 1. The van der Waals surface area contributed by atoms with Gasteiger partial charge in [0.15, 0.2) is 0 Å². The summed E-state index contributed by atoms with van der Waals surface area (Å²) in [6.07, 6.45) is 1.36. The van der Waals surface area contributed by atoms with Crippen molar-refractivity contribution in [3.8, 4) is 6.07 Å². The molecule has 0 aliphatic carbocycles. The van der Waals surface area contributed by atoms with Crippen LogP contribution in [0.5, 0.6) is 0 Å². The zero-order chi connectivity index (χ0) is 13.3. The van der Waals surface area contributed by atoms with Gasteiger partial charge in [-0.2, -0.15) is 10.3 Å². The average Bonchev–Trinajstić information content (AvgIpc) is 2.10. The van der Waals surface area contributed by atoms with E-state index < -0.39 is 0 Å². The molecule has 0 aromatic carbocycles. The summed E-state index contributed by atoms with van der Waals surface area (Å²) < 4.78 is 0. The fourth-order valence-corrected chi connectivity index (χ4v) is 2.84. The maximum absolute atomic E-state index is 9.90. The van der Waals surface area contributed by atoms with Crippen LogP contribution in [0, 0.1) is 11.3 Å². The third kappa shape index (κ3) is 3.41. The number of aliphatic hydroxyl groups excluding tert-OH is 1. The first-order chi connectivity index (χ1) is 7.69. The molecule has 4 nitrogen and oxygen atoms in total. The summed E-state index contributed by atoms with van der Waals surface area (Å²) in [7, 11) is 0. The van der Waals surface area contributed by atoms with Gasteiger partial charge in [0.1, 0.15) is 0 Å². The van der Waals surface area contributed by atoms with Gasteiger partial charge in [-0.05, 0) is 47.5 Å². The number of hydrogen-bond acceptors (Lipinski definition) is 4. The lowest BCUT2D eigenvalue weighted by molar-refractivity contribution is -0.310. The van der Waals surface area contributed by atoms with Crippen molar-refractivity contribution in [2.75, 3.05) is 0 Å². The van der Waals surface area contributed by atoms with Crippen molar-refractivity contribution < 1.29 is 9.94 Å². The van der Waals surface area contributed by atoms with Gasteiger partial charge in [-0.25, -0.2) is 0 Å². The standard InChI is InChI=1S/C13H24N2O2/c1-10(6-7-14)17-15-12(2,3)8-11(16)9-13(15,4)5/h10-11,16H,6,8-9H2,1-5H3. The Bertz CT molecular complexity index is 289. The highest BCUT2D eigenvalue weighted by molar-refractivity contribution is 4.97. The molecule has 0 radical (unpaired) electrons. The molecule has 1 fully saturated rings. The van der Waals surface area contributed by atoms with Crippen LogP contribution in [0.25, 0.3) is 0 Å². The predicted octanol–water partition coefficient (Wildman–Crippen LogP) is 2.23. The lowest BCUT2D eigenvalue weighted by Gasteiger charge is -2.53. The highest BCUT2D eigenvalue weighted by atomic mass is 16.7. The SMILES string of the molecule is CC(CC#N)ON1C(C)(C)CC(O)CC1(C)C. The Morgan fingerprint density at radius 2 is 1.82 bits per heavy atom. The molecule has 98 valence electrons. The summed E-state index contributed by atoms with van der Waals surface area (Å²) >= 11 is 0. The van der Waals surface area contributed by atoms with Crippen LogP contribution < -0.4 is 0 Å². The number of hydroxylamine groups is 2. The average molecular weight is 240 g/mol. The lowest BCUT2D eigenvalue weighted by atomic mass is 9.80. The Hall–Kier alpha value is -0.630. The number of nitrogens with zero attached hydrogens (tertiary/aromatic N) is 2. The number of rotatable bonds is 3. The summed E-state index contributed by atoms with van der Waals surface area (Å²) in [5.41, 5.74) is -0.435. The highest BCUT2D eigenvalue weighted by Crippen LogP contribution is 2.39. The highest BCUT2D eigenvalue weighted by Gasteiger charge is 2.46. The van der Waals surface area contributed by atoms with Crippen LogP contribution in [0.15, 0.2) is 0 Å². The van der Waals surface area contributed by atoms with Crippen molar-refractivity contribution in [1.29, 1.82) is 5.26 Å². The van der Waals surface area contributed by atoms with Crippen LogP contribution in [0.2, 0.25) is 0 Å². The van der Waals surface area contributed by atoms with E-state index in [9.17, 15) is 5.11 Å². The van der Waals surface area contributed by atoms with Crippen molar-refractivity contribution in [1.82, 2.24) is 5.06 Å². The van der Waals surface area contributed by atoms with E-state index in [0.717, 1.165) is 0 Å². The summed E-state index contributed by atoms with van der Waals surface area (Å²) in [5, 5.41) is 20.5. The molecule has 1 saturated heterocycles. The zero-order valence-corrected chi connectivity index (χ0v) is 11.5. The van der Waals surface area contributed by atoms with E-state index >= 15 is 0 Å². The van der Waals surface area contributed by atoms with E-state index in [1.165, 1.54) is 0 Å². The molecular weight excluding hydrogens is 216 g/mol. The zero-order valence-electron chi connectivity index (χ0n) is 11.5. The van der Waals surface area contributed by atoms with Crippen molar-refractivity contribution in [3.63, 3.8) is 0 Å². The molecule has 0 aromatic heterocycles. The second kappa shape index (κ2) is 4.93. The molecule has 1 aliphatic heterocycles. The minimum atomic E-state index is -0.286. The van der Waals surface area contributed by atoms with Crippen LogP contribution in [-0.4, -0.2) is 33.5 Å². The van der Waals surface area contributed by atoms with Crippen LogP contribution in [-0.2, 0) is 4.84 Å². The van der Waals surface area contributed by atoms with Crippen molar-refractivity contribution >= 4 is 0 Å². The van der Waals surface area contributed by atoms with Gasteiger partial charge in [0.05, 0.1) is 24.7 Å². The minimum absolute atomic E-state index is 0.117. The molecule has 0 spiro atoms. The van der Waals surface area contributed by atoms with Crippen LogP contribution in [0.1, 0.15) is 53.9 Å². The number of aliphatic hydroxyl groups is 1. The Labute approximate surface area is 104 Å². The summed E-state index contributed by atoms with van der Waals surface area (Å²) in [6.45, 7) is 10.2. The third-order valence-electron chi connectivity index (χ3n) is 3.23. The van der Waals surface area contributed by atoms with Gasteiger partial charge in [-0.1, -0.05) is 0 Å². The smallest absolute Gasteiger partial charge is 0.0895 e. The molecular formula is C13H24N2O2. The van der Waals surface area contributed by atoms with Gasteiger partial charge in [-0.15, -0.1) is 0 Å². The quantitative estimate of drug-likeness (QED) is 0.822. The molecule has 1 atom stereocenters. The van der Waals surface area contributed by atoms with Crippen molar-refractivity contribution in [2.24, 2.45) is 0 Å². The van der Waals surface area contributed by atoms with E-state index in [2.05, 4.69) is 33.8 Å². The molecule has 1 unspecified atom stereocenters. The molecule has 0 saturated carbocycles. The van der Waals surface area contributed by atoms with E-state index in [4.69, 9.17) is 10.1 Å². The van der Waals surface area contributed by atoms with Crippen molar-refractivity contribution in [2.45, 2.75) is 77.2 Å². The van der Waals surface area contributed by atoms with Gasteiger partial charge in [0.25, 0.3) is 0 Å². The van der Waals surface area contributed by atoms with E-state index in [1.54, 1.807) is 0 Å². The Balaban J connectivity index is 2.82. The van der Waals surface area contributed by atoms with Crippen LogP contribution >= 0.6 is 0 Å². The normalized spacial score (nSPS) is 26.4.